The third kappa shape index (κ3) is 2.72. The number of thioether (sulfide) groups is 1. The van der Waals surface area contributed by atoms with Crippen molar-refractivity contribution in [2.45, 2.75) is 23.7 Å². The molecule has 3 saturated heterocycles. The predicted octanol–water partition coefficient (Wildman–Crippen LogP) is 1.98. The Labute approximate surface area is 147 Å². The molecule has 3 fully saturated rings. The Hall–Kier alpha value is -2.29. The zero-order valence-electron chi connectivity index (χ0n) is 13.4. The molecular weight excluding hydrogens is 348 g/mol. The molecule has 2 aromatic rings. The zero-order chi connectivity index (χ0) is 17.6. The number of fused-ring (bicyclic) bond motifs is 2. The first-order chi connectivity index (χ1) is 12.1. The fraction of sp³-hybridized carbons (Fsp3) is 0.375. The second-order valence-electron chi connectivity index (χ2n) is 6.04. The molecule has 5 heterocycles. The largest absolute Gasteiger partial charge is 0.352 e. The maximum atomic E-state index is 13.8. The highest BCUT2D eigenvalue weighted by molar-refractivity contribution is 7.98. The van der Waals surface area contributed by atoms with Crippen LogP contribution in [0.3, 0.4) is 0 Å². The molecule has 9 heteroatoms. The van der Waals surface area contributed by atoms with Crippen LogP contribution in [0, 0.1) is 11.6 Å². The van der Waals surface area contributed by atoms with Crippen molar-refractivity contribution >= 4 is 23.5 Å². The van der Waals surface area contributed by atoms with E-state index in [-0.39, 0.29) is 12.1 Å². The number of rotatable bonds is 3. The van der Waals surface area contributed by atoms with Gasteiger partial charge in [0.15, 0.2) is 16.8 Å². The Morgan fingerprint density at radius 2 is 1.92 bits per heavy atom. The molecule has 6 nitrogen and oxygen atoms in total. The van der Waals surface area contributed by atoms with Crippen LogP contribution in [-0.2, 0) is 0 Å². The molecule has 0 spiro atoms. The summed E-state index contributed by atoms with van der Waals surface area (Å²) in [5, 5.41) is 0.686. The van der Waals surface area contributed by atoms with Gasteiger partial charge in [0, 0.05) is 19.3 Å². The van der Waals surface area contributed by atoms with Crippen molar-refractivity contribution in [3.63, 3.8) is 0 Å². The van der Waals surface area contributed by atoms with Crippen LogP contribution in [0.15, 0.2) is 29.8 Å². The minimum atomic E-state index is -0.924. The number of carbonyl (C=O) groups excluding carboxylic acids is 1. The molecule has 2 atom stereocenters. The fourth-order valence-corrected chi connectivity index (χ4v) is 3.83. The van der Waals surface area contributed by atoms with Gasteiger partial charge in [0.2, 0.25) is 0 Å². The summed E-state index contributed by atoms with van der Waals surface area (Å²) < 4.78 is 27.7. The first kappa shape index (κ1) is 16.2. The van der Waals surface area contributed by atoms with Crippen LogP contribution < -0.4 is 4.90 Å². The number of carbonyl (C=O) groups is 1. The molecule has 0 saturated carbocycles. The molecule has 2 unspecified atom stereocenters. The lowest BCUT2D eigenvalue weighted by molar-refractivity contribution is 0.00492. The van der Waals surface area contributed by atoms with Crippen LogP contribution in [0.4, 0.5) is 14.6 Å². The quantitative estimate of drug-likeness (QED) is 0.614. The summed E-state index contributed by atoms with van der Waals surface area (Å²) in [6, 6.07) is 1.68. The van der Waals surface area contributed by atoms with Gasteiger partial charge in [0.1, 0.15) is 11.4 Å². The highest BCUT2D eigenvalue weighted by Gasteiger charge is 2.48. The molecule has 130 valence electrons. The molecule has 25 heavy (non-hydrogen) atoms. The number of piperidine rings is 1. The van der Waals surface area contributed by atoms with E-state index in [2.05, 4.69) is 19.9 Å². The van der Waals surface area contributed by atoms with Crippen LogP contribution in [0.1, 0.15) is 16.8 Å². The first-order valence-corrected chi connectivity index (χ1v) is 9.04. The summed E-state index contributed by atoms with van der Waals surface area (Å²) in [6.45, 7) is 1.17. The number of aromatic nitrogens is 3. The van der Waals surface area contributed by atoms with Crippen LogP contribution in [0.25, 0.3) is 0 Å². The normalized spacial score (nSPS) is 21.9. The predicted molar refractivity (Wildman–Crippen MR) is 88.5 cm³/mol. The average Bonchev–Trinajstić information content (AvgIpc) is 2.61. The van der Waals surface area contributed by atoms with E-state index in [1.807, 2.05) is 12.3 Å². The lowest BCUT2D eigenvalue weighted by Gasteiger charge is -2.56. The number of pyridine rings is 1. The van der Waals surface area contributed by atoms with Crippen molar-refractivity contribution in [1.82, 2.24) is 19.9 Å². The van der Waals surface area contributed by atoms with Crippen molar-refractivity contribution in [2.75, 3.05) is 24.2 Å². The lowest BCUT2D eigenvalue weighted by atomic mass is 9.86. The fourth-order valence-electron chi connectivity index (χ4n) is 3.48. The number of hydrogen-bond donors (Lipinski definition) is 0. The van der Waals surface area contributed by atoms with Crippen LogP contribution in [0.5, 0.6) is 0 Å². The van der Waals surface area contributed by atoms with E-state index in [0.29, 0.717) is 18.2 Å². The minimum Gasteiger partial charge on any atom is -0.352 e. The maximum absolute atomic E-state index is 13.8. The Morgan fingerprint density at radius 3 is 2.56 bits per heavy atom. The van der Waals surface area contributed by atoms with Crippen molar-refractivity contribution in [1.29, 1.82) is 0 Å². The number of amides is 1. The Bertz CT molecular complexity index is 804. The van der Waals surface area contributed by atoms with E-state index in [9.17, 15) is 13.6 Å². The highest BCUT2D eigenvalue weighted by atomic mass is 32.2. The van der Waals surface area contributed by atoms with Crippen molar-refractivity contribution < 1.29 is 13.6 Å². The summed E-state index contributed by atoms with van der Waals surface area (Å²) in [4.78, 5) is 28.3. The van der Waals surface area contributed by atoms with Gasteiger partial charge in [0.05, 0.1) is 24.5 Å². The molecule has 0 radical (unpaired) electrons. The second-order valence-corrected chi connectivity index (χ2v) is 6.81. The third-order valence-corrected chi connectivity index (χ3v) is 5.18. The standard InChI is InChI=1S/C16H15F2N5OS/c1-25-16-20-3-2-13(21-16)22-7-9-4-10(8-22)23(9)15(24)14-11(17)5-19-6-12(14)18/h2-3,5-6,9-10H,4,7-8H2,1H3. The maximum Gasteiger partial charge on any atom is 0.260 e. The summed E-state index contributed by atoms with van der Waals surface area (Å²) in [6.07, 6.45) is 6.17. The lowest BCUT2D eigenvalue weighted by Crippen LogP contribution is -2.70. The Balaban J connectivity index is 1.53. The van der Waals surface area contributed by atoms with Crippen LogP contribution in [-0.4, -0.2) is 57.2 Å². The van der Waals surface area contributed by atoms with E-state index in [1.54, 1.807) is 11.1 Å². The number of anilines is 1. The minimum absolute atomic E-state index is 0.0779. The molecule has 0 aliphatic carbocycles. The number of piperazine rings is 1. The molecule has 0 aromatic carbocycles. The topological polar surface area (TPSA) is 62.2 Å². The molecule has 0 N–H and O–H groups in total. The van der Waals surface area contributed by atoms with Gasteiger partial charge in [-0.3, -0.25) is 9.78 Å². The van der Waals surface area contributed by atoms with Gasteiger partial charge in [0.25, 0.3) is 5.91 Å². The van der Waals surface area contributed by atoms with E-state index < -0.39 is 23.1 Å². The number of hydrogen-bond acceptors (Lipinski definition) is 6. The van der Waals surface area contributed by atoms with Crippen LogP contribution >= 0.6 is 11.8 Å². The summed E-state index contributed by atoms with van der Waals surface area (Å²) in [5.41, 5.74) is -0.523. The highest BCUT2D eigenvalue weighted by Crippen LogP contribution is 2.36. The molecule has 3 aliphatic rings. The Morgan fingerprint density at radius 1 is 1.24 bits per heavy atom. The van der Waals surface area contributed by atoms with Crippen molar-refractivity contribution in [3.8, 4) is 0 Å². The molecule has 1 amide bonds. The molecule has 5 rings (SSSR count). The molecule has 2 aromatic heterocycles. The van der Waals surface area contributed by atoms with E-state index >= 15 is 0 Å². The summed E-state index contributed by atoms with van der Waals surface area (Å²) in [7, 11) is 0. The number of halogens is 2. The SMILES string of the molecule is CSc1nccc(N2CC3CC(C2)N3C(=O)c2c(F)cncc2F)n1. The molecular formula is C16H15F2N5OS. The van der Waals surface area contributed by atoms with Gasteiger partial charge in [-0.15, -0.1) is 0 Å². The van der Waals surface area contributed by atoms with Gasteiger partial charge in [-0.2, -0.15) is 0 Å². The van der Waals surface area contributed by atoms with Gasteiger partial charge in [-0.1, -0.05) is 11.8 Å². The Kier molecular flexibility index (Phi) is 4.03. The summed E-state index contributed by atoms with van der Waals surface area (Å²) >= 11 is 1.46. The van der Waals surface area contributed by atoms with E-state index in [4.69, 9.17) is 0 Å². The molecule has 3 aliphatic heterocycles. The number of nitrogens with zero attached hydrogens (tertiary/aromatic N) is 5. The van der Waals surface area contributed by atoms with Gasteiger partial charge in [-0.05, 0) is 18.7 Å². The van der Waals surface area contributed by atoms with Gasteiger partial charge >= 0.3 is 0 Å². The third-order valence-electron chi connectivity index (χ3n) is 4.62. The van der Waals surface area contributed by atoms with Crippen LogP contribution in [0.2, 0.25) is 0 Å². The van der Waals surface area contributed by atoms with Crippen molar-refractivity contribution in [3.05, 3.63) is 41.9 Å². The summed E-state index contributed by atoms with van der Waals surface area (Å²) in [5.74, 6) is -1.65. The van der Waals surface area contributed by atoms with Crippen molar-refractivity contribution in [2.24, 2.45) is 0 Å². The van der Waals surface area contributed by atoms with E-state index in [0.717, 1.165) is 24.6 Å². The van der Waals surface area contributed by atoms with E-state index in [1.165, 1.54) is 11.8 Å². The first-order valence-electron chi connectivity index (χ1n) is 7.82. The second kappa shape index (κ2) is 6.21. The monoisotopic (exact) mass is 363 g/mol. The van der Waals surface area contributed by atoms with Gasteiger partial charge < -0.3 is 9.80 Å². The average molecular weight is 363 g/mol. The molecule has 2 bridgehead atoms. The smallest absolute Gasteiger partial charge is 0.260 e. The van der Waals surface area contributed by atoms with Gasteiger partial charge in [-0.25, -0.2) is 18.7 Å². The zero-order valence-corrected chi connectivity index (χ0v) is 14.2.